The predicted octanol–water partition coefficient (Wildman–Crippen LogP) is 2.07. The van der Waals surface area contributed by atoms with Gasteiger partial charge in [-0.2, -0.15) is 4.31 Å². The zero-order valence-electron chi connectivity index (χ0n) is 8.57. The highest BCUT2D eigenvalue weighted by Gasteiger charge is 2.51. The predicted molar refractivity (Wildman–Crippen MR) is 67.1 cm³/mol. The number of halogens is 1. The van der Waals surface area contributed by atoms with Crippen LogP contribution in [0.5, 0.6) is 0 Å². The average molecular weight is 337 g/mol. The van der Waals surface area contributed by atoms with Gasteiger partial charge in [-0.05, 0) is 60.7 Å². The van der Waals surface area contributed by atoms with E-state index in [0.717, 1.165) is 3.57 Å². The summed E-state index contributed by atoms with van der Waals surface area (Å²) >= 11 is 2.16. The van der Waals surface area contributed by atoms with Crippen LogP contribution in [-0.4, -0.2) is 24.8 Å². The lowest BCUT2D eigenvalue weighted by molar-refractivity contribution is 0.530. The molecule has 0 bridgehead atoms. The molecule has 15 heavy (non-hydrogen) atoms. The van der Waals surface area contributed by atoms with Crippen LogP contribution in [0.4, 0.5) is 0 Å². The molecule has 0 amide bonds. The maximum atomic E-state index is 12.0. The molecule has 1 atom stereocenters. The summed E-state index contributed by atoms with van der Waals surface area (Å²) in [7, 11) is -3.26. The first-order valence-corrected chi connectivity index (χ1v) is 7.14. The Kier molecular flexibility index (Phi) is 2.59. The van der Waals surface area contributed by atoms with E-state index in [2.05, 4.69) is 22.6 Å². The molecule has 5 heteroatoms. The molecule has 1 saturated heterocycles. The molecular formula is C10H12INO2S. The average Bonchev–Trinajstić information content (AvgIpc) is 2.77. The molecule has 0 aliphatic carbocycles. The van der Waals surface area contributed by atoms with E-state index < -0.39 is 10.0 Å². The van der Waals surface area contributed by atoms with Crippen molar-refractivity contribution >= 4 is 32.6 Å². The summed E-state index contributed by atoms with van der Waals surface area (Å²) in [5, 5.41) is 0. The Morgan fingerprint density at radius 2 is 1.73 bits per heavy atom. The minimum absolute atomic E-state index is 0.207. The number of hydrogen-bond donors (Lipinski definition) is 0. The van der Waals surface area contributed by atoms with E-state index in [0.29, 0.717) is 11.4 Å². The van der Waals surface area contributed by atoms with Crippen LogP contribution in [0.2, 0.25) is 0 Å². The fraction of sp³-hybridized carbons (Fsp3) is 0.400. The molecule has 1 aromatic rings. The standard InChI is InChI=1S/C10H12INO2S/c1-10(2)7-12(10)15(13,14)9-5-3-8(11)4-6-9/h3-6H,7H2,1-2H3. The second kappa shape index (κ2) is 3.43. The fourth-order valence-corrected chi connectivity index (χ4v) is 3.69. The second-order valence-electron chi connectivity index (χ2n) is 4.28. The van der Waals surface area contributed by atoms with Crippen molar-refractivity contribution in [1.82, 2.24) is 4.31 Å². The van der Waals surface area contributed by atoms with Crippen LogP contribution in [0.25, 0.3) is 0 Å². The van der Waals surface area contributed by atoms with E-state index in [-0.39, 0.29) is 5.54 Å². The van der Waals surface area contributed by atoms with Gasteiger partial charge in [-0.15, -0.1) is 0 Å². The zero-order chi connectivity index (χ0) is 11.3. The first-order valence-electron chi connectivity index (χ1n) is 4.62. The summed E-state index contributed by atoms with van der Waals surface area (Å²) < 4.78 is 26.6. The van der Waals surface area contributed by atoms with Gasteiger partial charge < -0.3 is 0 Å². The lowest BCUT2D eigenvalue weighted by Crippen LogP contribution is -2.18. The van der Waals surface area contributed by atoms with Gasteiger partial charge in [0, 0.05) is 15.7 Å². The monoisotopic (exact) mass is 337 g/mol. The van der Waals surface area contributed by atoms with Crippen LogP contribution in [-0.2, 0) is 10.0 Å². The van der Waals surface area contributed by atoms with Crippen molar-refractivity contribution in [2.75, 3.05) is 6.54 Å². The third-order valence-corrected chi connectivity index (χ3v) is 5.29. The number of sulfonamides is 1. The largest absolute Gasteiger partial charge is 0.243 e. The van der Waals surface area contributed by atoms with Gasteiger partial charge in [-0.3, -0.25) is 0 Å². The molecule has 0 spiro atoms. The van der Waals surface area contributed by atoms with Crippen LogP contribution in [0, 0.1) is 3.57 Å². The Morgan fingerprint density at radius 1 is 1.27 bits per heavy atom. The normalized spacial score (nSPS) is 23.8. The Labute approximate surface area is 104 Å². The van der Waals surface area contributed by atoms with E-state index in [4.69, 9.17) is 0 Å². The van der Waals surface area contributed by atoms with Crippen molar-refractivity contribution < 1.29 is 8.42 Å². The molecule has 0 N–H and O–H groups in total. The third kappa shape index (κ3) is 2.05. The molecular weight excluding hydrogens is 325 g/mol. The highest BCUT2D eigenvalue weighted by Crippen LogP contribution is 2.37. The molecule has 2 rings (SSSR count). The van der Waals surface area contributed by atoms with Gasteiger partial charge in [-0.1, -0.05) is 0 Å². The van der Waals surface area contributed by atoms with Gasteiger partial charge >= 0.3 is 0 Å². The Morgan fingerprint density at radius 3 is 2.13 bits per heavy atom. The summed E-state index contributed by atoms with van der Waals surface area (Å²) in [6.07, 6.45) is 0. The third-order valence-electron chi connectivity index (χ3n) is 2.50. The highest BCUT2D eigenvalue weighted by molar-refractivity contribution is 14.1. The van der Waals surface area contributed by atoms with Gasteiger partial charge in [0.15, 0.2) is 0 Å². The lowest BCUT2D eigenvalue weighted by Gasteiger charge is -2.08. The molecule has 82 valence electrons. The van der Waals surface area contributed by atoms with Crippen molar-refractivity contribution in [2.24, 2.45) is 0 Å². The van der Waals surface area contributed by atoms with Crippen molar-refractivity contribution in [2.45, 2.75) is 24.3 Å². The molecule has 3 nitrogen and oxygen atoms in total. The molecule has 0 radical (unpaired) electrons. The van der Waals surface area contributed by atoms with Gasteiger partial charge in [0.2, 0.25) is 10.0 Å². The Hall–Kier alpha value is -0.140. The molecule has 0 saturated carbocycles. The maximum absolute atomic E-state index is 12.0. The first-order chi connectivity index (χ1) is 6.84. The summed E-state index contributed by atoms with van der Waals surface area (Å²) in [4.78, 5) is 0.383. The lowest BCUT2D eigenvalue weighted by atomic mass is 10.2. The molecule has 1 aliphatic heterocycles. The van der Waals surface area contributed by atoms with Crippen molar-refractivity contribution in [3.63, 3.8) is 0 Å². The van der Waals surface area contributed by atoms with Crippen molar-refractivity contribution in [3.8, 4) is 0 Å². The van der Waals surface area contributed by atoms with Gasteiger partial charge in [0.05, 0.1) is 4.90 Å². The fourth-order valence-electron chi connectivity index (χ4n) is 1.46. The topological polar surface area (TPSA) is 37.1 Å². The summed E-state index contributed by atoms with van der Waals surface area (Å²) in [6.45, 7) is 4.47. The summed E-state index contributed by atoms with van der Waals surface area (Å²) in [5.41, 5.74) is -0.207. The molecule has 0 aromatic heterocycles. The minimum atomic E-state index is -3.26. The molecule has 1 heterocycles. The van der Waals surface area contributed by atoms with Crippen molar-refractivity contribution in [3.05, 3.63) is 27.8 Å². The van der Waals surface area contributed by atoms with Crippen LogP contribution < -0.4 is 0 Å². The first kappa shape index (κ1) is 11.3. The van der Waals surface area contributed by atoms with Crippen LogP contribution in [0.1, 0.15) is 13.8 Å². The van der Waals surface area contributed by atoms with E-state index in [9.17, 15) is 8.42 Å². The van der Waals surface area contributed by atoms with Crippen molar-refractivity contribution in [1.29, 1.82) is 0 Å². The number of hydrogen-bond acceptors (Lipinski definition) is 2. The molecule has 1 unspecified atom stereocenters. The number of rotatable bonds is 2. The SMILES string of the molecule is CC1(C)CN1S(=O)(=O)c1ccc(I)cc1. The highest BCUT2D eigenvalue weighted by atomic mass is 127. The summed E-state index contributed by atoms with van der Waals surface area (Å²) in [6, 6.07) is 6.94. The smallest absolute Gasteiger partial charge is 0.207 e. The van der Waals surface area contributed by atoms with E-state index in [1.165, 1.54) is 4.31 Å². The maximum Gasteiger partial charge on any atom is 0.243 e. The van der Waals surface area contributed by atoms with Gasteiger partial charge in [0.25, 0.3) is 0 Å². The zero-order valence-corrected chi connectivity index (χ0v) is 11.5. The van der Waals surface area contributed by atoms with Crippen LogP contribution in [0.15, 0.2) is 29.2 Å². The van der Waals surface area contributed by atoms with Gasteiger partial charge in [-0.25, -0.2) is 8.42 Å². The van der Waals surface area contributed by atoms with Gasteiger partial charge in [0.1, 0.15) is 0 Å². The van der Waals surface area contributed by atoms with E-state index in [1.54, 1.807) is 12.1 Å². The number of nitrogens with zero attached hydrogens (tertiary/aromatic N) is 1. The van der Waals surface area contributed by atoms with Crippen LogP contribution >= 0.6 is 22.6 Å². The molecule has 1 fully saturated rings. The molecule has 1 aliphatic rings. The van der Waals surface area contributed by atoms with E-state index in [1.807, 2.05) is 26.0 Å². The summed E-state index contributed by atoms with van der Waals surface area (Å²) in [5.74, 6) is 0. The molecule has 1 aromatic carbocycles. The Balaban J connectivity index is 2.36. The van der Waals surface area contributed by atoms with E-state index >= 15 is 0 Å². The second-order valence-corrected chi connectivity index (χ2v) is 7.39. The quantitative estimate of drug-likeness (QED) is 0.612. The minimum Gasteiger partial charge on any atom is -0.207 e. The Bertz CT molecular complexity index is 479. The van der Waals surface area contributed by atoms with Crippen LogP contribution in [0.3, 0.4) is 0 Å². The number of benzene rings is 1.